The molecular formula is C16H20N6OS. The molecule has 2 aromatic rings. The third kappa shape index (κ3) is 3.57. The Morgan fingerprint density at radius 1 is 1.42 bits per heavy atom. The van der Waals surface area contributed by atoms with Crippen LogP contribution in [0.1, 0.15) is 25.0 Å². The van der Waals surface area contributed by atoms with Crippen LogP contribution in [0.2, 0.25) is 0 Å². The fourth-order valence-electron chi connectivity index (χ4n) is 2.00. The summed E-state index contributed by atoms with van der Waals surface area (Å²) in [6.07, 6.45) is 0. The van der Waals surface area contributed by atoms with Crippen molar-refractivity contribution in [2.45, 2.75) is 38.4 Å². The normalized spacial score (nSPS) is 11.2. The van der Waals surface area contributed by atoms with E-state index in [1.165, 1.54) is 16.7 Å². The summed E-state index contributed by atoms with van der Waals surface area (Å²) < 4.78 is 1.63. The van der Waals surface area contributed by atoms with Gasteiger partial charge in [0.05, 0.1) is 17.5 Å². The van der Waals surface area contributed by atoms with Crippen LogP contribution in [0.5, 0.6) is 0 Å². The summed E-state index contributed by atoms with van der Waals surface area (Å²) in [5.74, 6) is 0.00870. The van der Waals surface area contributed by atoms with E-state index in [0.29, 0.717) is 5.16 Å². The van der Waals surface area contributed by atoms with Crippen molar-refractivity contribution in [2.24, 2.45) is 0 Å². The number of aromatic nitrogens is 4. The number of nitriles is 1. The van der Waals surface area contributed by atoms with Crippen molar-refractivity contribution in [3.05, 3.63) is 29.3 Å². The summed E-state index contributed by atoms with van der Waals surface area (Å²) in [4.78, 5) is 13.7. The van der Waals surface area contributed by atoms with E-state index in [-0.39, 0.29) is 11.7 Å². The number of tetrazole rings is 1. The number of benzene rings is 1. The molecule has 0 bridgehead atoms. The molecule has 0 atom stereocenters. The predicted molar refractivity (Wildman–Crippen MR) is 91.8 cm³/mol. The lowest BCUT2D eigenvalue weighted by Gasteiger charge is -2.28. The smallest absolute Gasteiger partial charge is 0.234 e. The first-order chi connectivity index (χ1) is 11.3. The molecule has 0 fully saturated rings. The molecule has 0 spiro atoms. The lowest BCUT2D eigenvalue weighted by molar-refractivity contribution is -0.130. The van der Waals surface area contributed by atoms with Gasteiger partial charge in [0.15, 0.2) is 0 Å². The third-order valence-electron chi connectivity index (χ3n) is 4.06. The topological polar surface area (TPSA) is 87.7 Å². The summed E-state index contributed by atoms with van der Waals surface area (Å²) in [5, 5.41) is 21.4. The maximum Gasteiger partial charge on any atom is 0.234 e. The number of rotatable bonds is 5. The number of carbonyl (C=O) groups excluding carboxylic acids is 1. The Balaban J connectivity index is 2.17. The molecule has 0 aliphatic heterocycles. The van der Waals surface area contributed by atoms with E-state index in [9.17, 15) is 4.79 Å². The van der Waals surface area contributed by atoms with Crippen molar-refractivity contribution in [1.29, 1.82) is 5.26 Å². The van der Waals surface area contributed by atoms with Crippen molar-refractivity contribution >= 4 is 17.7 Å². The Morgan fingerprint density at radius 2 is 2.12 bits per heavy atom. The molecule has 2 rings (SSSR count). The molecule has 0 aliphatic carbocycles. The molecule has 24 heavy (non-hydrogen) atoms. The molecule has 7 nitrogen and oxygen atoms in total. The van der Waals surface area contributed by atoms with Gasteiger partial charge in [-0.25, -0.2) is 0 Å². The highest BCUT2D eigenvalue weighted by Gasteiger charge is 2.27. The highest BCUT2D eigenvalue weighted by Crippen LogP contribution is 2.23. The Morgan fingerprint density at radius 3 is 2.79 bits per heavy atom. The number of amides is 1. The van der Waals surface area contributed by atoms with Crippen molar-refractivity contribution in [1.82, 2.24) is 25.1 Å². The van der Waals surface area contributed by atoms with Crippen LogP contribution < -0.4 is 0 Å². The highest BCUT2D eigenvalue weighted by atomic mass is 32.2. The summed E-state index contributed by atoms with van der Waals surface area (Å²) >= 11 is 1.25. The summed E-state index contributed by atoms with van der Waals surface area (Å²) in [7, 11) is 1.62. The van der Waals surface area contributed by atoms with E-state index in [0.717, 1.165) is 16.8 Å². The molecule has 8 heteroatoms. The molecule has 0 saturated carbocycles. The fourth-order valence-corrected chi connectivity index (χ4v) is 2.79. The molecule has 1 amide bonds. The van der Waals surface area contributed by atoms with Gasteiger partial charge >= 0.3 is 0 Å². The van der Waals surface area contributed by atoms with Crippen molar-refractivity contribution in [3.63, 3.8) is 0 Å². The Hall–Kier alpha value is -2.40. The van der Waals surface area contributed by atoms with E-state index in [1.54, 1.807) is 25.6 Å². The van der Waals surface area contributed by atoms with Crippen LogP contribution in [0.15, 0.2) is 23.4 Å². The van der Waals surface area contributed by atoms with Crippen LogP contribution in [0, 0.1) is 25.2 Å². The SMILES string of the molecule is Cc1cccc(-n2nnnc2SCC(=O)N(C)C(C)(C)C#N)c1C. The zero-order valence-corrected chi connectivity index (χ0v) is 15.3. The second-order valence-corrected chi connectivity index (χ2v) is 6.95. The van der Waals surface area contributed by atoms with Gasteiger partial charge in [0, 0.05) is 7.05 Å². The Kier molecular flexibility index (Phi) is 5.24. The van der Waals surface area contributed by atoms with Crippen molar-refractivity contribution in [2.75, 3.05) is 12.8 Å². The molecule has 0 radical (unpaired) electrons. The average Bonchev–Trinajstić information content (AvgIpc) is 3.02. The standard InChI is InChI=1S/C16H20N6OS/c1-11-7-6-8-13(12(11)2)22-15(18-19-20-22)24-9-14(23)21(5)16(3,4)10-17/h6-8H,9H2,1-5H3. The molecule has 1 aromatic carbocycles. The summed E-state index contributed by atoms with van der Waals surface area (Å²) in [6.45, 7) is 7.44. The van der Waals surface area contributed by atoms with E-state index in [4.69, 9.17) is 5.26 Å². The minimum absolute atomic E-state index is 0.151. The Labute approximate surface area is 145 Å². The number of nitrogens with zero attached hydrogens (tertiary/aromatic N) is 6. The van der Waals surface area contributed by atoms with E-state index >= 15 is 0 Å². The van der Waals surface area contributed by atoms with Crippen LogP contribution >= 0.6 is 11.8 Å². The highest BCUT2D eigenvalue weighted by molar-refractivity contribution is 7.99. The van der Waals surface area contributed by atoms with E-state index in [1.807, 2.05) is 32.0 Å². The second kappa shape index (κ2) is 7.01. The molecule has 1 aromatic heterocycles. The van der Waals surface area contributed by atoms with Crippen LogP contribution in [-0.4, -0.2) is 49.4 Å². The Bertz CT molecular complexity index is 792. The van der Waals surface area contributed by atoms with Gasteiger partial charge in [0.25, 0.3) is 0 Å². The van der Waals surface area contributed by atoms with E-state index in [2.05, 4.69) is 21.6 Å². The maximum absolute atomic E-state index is 12.3. The summed E-state index contributed by atoms with van der Waals surface area (Å²) in [6, 6.07) is 8.03. The van der Waals surface area contributed by atoms with Crippen LogP contribution in [0.25, 0.3) is 5.69 Å². The number of aryl methyl sites for hydroxylation is 1. The van der Waals surface area contributed by atoms with Crippen molar-refractivity contribution in [3.8, 4) is 11.8 Å². The average molecular weight is 344 g/mol. The second-order valence-electron chi connectivity index (χ2n) is 6.00. The van der Waals surface area contributed by atoms with Crippen LogP contribution in [0.3, 0.4) is 0 Å². The number of thioether (sulfide) groups is 1. The molecular weight excluding hydrogens is 324 g/mol. The third-order valence-corrected chi connectivity index (χ3v) is 4.96. The molecule has 0 N–H and O–H groups in total. The number of hydrogen-bond acceptors (Lipinski definition) is 6. The fraction of sp³-hybridized carbons (Fsp3) is 0.438. The summed E-state index contributed by atoms with van der Waals surface area (Å²) in [5.41, 5.74) is 2.27. The first-order valence-corrected chi connectivity index (χ1v) is 8.42. The minimum atomic E-state index is -0.850. The van der Waals surface area contributed by atoms with Crippen molar-refractivity contribution < 1.29 is 4.79 Å². The molecule has 1 heterocycles. The van der Waals surface area contributed by atoms with Gasteiger partial charge < -0.3 is 4.90 Å². The van der Waals surface area contributed by atoms with E-state index < -0.39 is 5.54 Å². The van der Waals surface area contributed by atoms with Crippen LogP contribution in [0.4, 0.5) is 0 Å². The van der Waals surface area contributed by atoms with Gasteiger partial charge in [-0.05, 0) is 55.3 Å². The number of carbonyl (C=O) groups is 1. The van der Waals surface area contributed by atoms with Gasteiger partial charge in [0.2, 0.25) is 11.1 Å². The lowest BCUT2D eigenvalue weighted by atomic mass is 10.1. The first kappa shape index (κ1) is 17.9. The quantitative estimate of drug-likeness (QED) is 0.772. The predicted octanol–water partition coefficient (Wildman–Crippen LogP) is 2.13. The zero-order valence-electron chi connectivity index (χ0n) is 14.4. The van der Waals surface area contributed by atoms with Gasteiger partial charge in [-0.15, -0.1) is 5.10 Å². The molecule has 0 unspecified atom stereocenters. The lowest BCUT2D eigenvalue weighted by Crippen LogP contribution is -2.44. The largest absolute Gasteiger partial charge is 0.327 e. The number of hydrogen-bond donors (Lipinski definition) is 0. The monoisotopic (exact) mass is 344 g/mol. The molecule has 126 valence electrons. The van der Waals surface area contributed by atoms with Crippen LogP contribution in [-0.2, 0) is 4.79 Å². The first-order valence-electron chi connectivity index (χ1n) is 7.43. The van der Waals surface area contributed by atoms with Gasteiger partial charge in [-0.3, -0.25) is 4.79 Å². The zero-order chi connectivity index (χ0) is 17.9. The molecule has 0 aliphatic rings. The van der Waals surface area contributed by atoms with Gasteiger partial charge in [-0.2, -0.15) is 9.94 Å². The van der Waals surface area contributed by atoms with Gasteiger partial charge in [0.1, 0.15) is 5.54 Å². The molecule has 0 saturated heterocycles. The minimum Gasteiger partial charge on any atom is -0.327 e. The maximum atomic E-state index is 12.3. The van der Waals surface area contributed by atoms with Gasteiger partial charge in [-0.1, -0.05) is 23.9 Å².